The smallest absolute Gasteiger partial charge is 0.274 e. The highest BCUT2D eigenvalue weighted by atomic mass is 19.1. The van der Waals surface area contributed by atoms with Gasteiger partial charge in [0.15, 0.2) is 5.67 Å². The minimum absolute atomic E-state index is 0.0474. The molecule has 3 rings (SSSR count). The lowest BCUT2D eigenvalue weighted by Gasteiger charge is -2.35. The van der Waals surface area contributed by atoms with Crippen molar-refractivity contribution in [1.29, 1.82) is 0 Å². The zero-order valence-electron chi connectivity index (χ0n) is 12.7. The van der Waals surface area contributed by atoms with Crippen LogP contribution in [-0.4, -0.2) is 51.3 Å². The Bertz CT molecular complexity index is 574. The lowest BCUT2D eigenvalue weighted by atomic mass is 9.92. The minimum Gasteiger partial charge on any atom is -0.351 e. The van der Waals surface area contributed by atoms with Gasteiger partial charge in [-0.3, -0.25) is 14.3 Å². The molecule has 1 aliphatic carbocycles. The fraction of sp³-hybridized carbons (Fsp3) is 0.667. The van der Waals surface area contributed by atoms with Crippen molar-refractivity contribution < 1.29 is 14.0 Å². The number of nitrogens with one attached hydrogen (secondary N) is 1. The van der Waals surface area contributed by atoms with Crippen molar-refractivity contribution in [2.45, 2.75) is 50.9 Å². The summed E-state index contributed by atoms with van der Waals surface area (Å²) in [4.78, 5) is 25.9. The molecule has 0 radical (unpaired) electrons. The first-order valence-corrected chi connectivity index (χ1v) is 7.84. The predicted molar refractivity (Wildman–Crippen MR) is 78.0 cm³/mol. The Morgan fingerprint density at radius 3 is 2.64 bits per heavy atom. The molecule has 0 aromatic carbocycles. The summed E-state index contributed by atoms with van der Waals surface area (Å²) in [5.74, 6) is -0.714. The first-order chi connectivity index (χ1) is 10.5. The third kappa shape index (κ3) is 2.98. The van der Waals surface area contributed by atoms with E-state index in [-0.39, 0.29) is 37.9 Å². The highest BCUT2D eigenvalue weighted by Gasteiger charge is 2.44. The second kappa shape index (κ2) is 5.70. The molecule has 1 aromatic heterocycles. The average molecular weight is 308 g/mol. The Morgan fingerprint density at radius 1 is 1.41 bits per heavy atom. The van der Waals surface area contributed by atoms with Crippen molar-refractivity contribution in [3.05, 3.63) is 18.0 Å². The van der Waals surface area contributed by atoms with Crippen LogP contribution in [0.4, 0.5) is 4.39 Å². The van der Waals surface area contributed by atoms with Crippen molar-refractivity contribution >= 4 is 11.8 Å². The fourth-order valence-corrected chi connectivity index (χ4v) is 2.65. The number of piperidine rings is 1. The Hall–Kier alpha value is -1.92. The number of carbonyl (C=O) groups excluding carboxylic acids is 2. The number of nitrogens with zero attached hydrogens (tertiary/aromatic N) is 3. The van der Waals surface area contributed by atoms with Crippen LogP contribution < -0.4 is 5.32 Å². The van der Waals surface area contributed by atoms with Crippen LogP contribution in [0.2, 0.25) is 0 Å². The molecule has 6 nitrogen and oxygen atoms in total. The molecule has 22 heavy (non-hydrogen) atoms. The zero-order chi connectivity index (χ0) is 15.7. The van der Waals surface area contributed by atoms with Crippen LogP contribution in [-0.2, 0) is 11.3 Å². The van der Waals surface area contributed by atoms with E-state index < -0.39 is 11.6 Å². The molecule has 1 aliphatic heterocycles. The molecule has 0 spiro atoms. The van der Waals surface area contributed by atoms with Crippen LogP contribution in [0.3, 0.4) is 0 Å². The molecule has 0 bridgehead atoms. The highest BCUT2D eigenvalue weighted by molar-refractivity contribution is 5.92. The number of halogens is 1. The quantitative estimate of drug-likeness (QED) is 0.906. The molecule has 1 saturated carbocycles. The predicted octanol–water partition coefficient (Wildman–Crippen LogP) is 1.13. The van der Waals surface area contributed by atoms with Gasteiger partial charge in [-0.05, 0) is 25.8 Å². The van der Waals surface area contributed by atoms with E-state index in [0.29, 0.717) is 12.2 Å². The number of hydrogen-bond acceptors (Lipinski definition) is 3. The standard InChI is InChI=1S/C15H21FN4O2/c1-2-20-8-5-12(18-20)13(21)19-9-6-15(16,7-10-19)14(22)17-11-3-4-11/h5,8,11H,2-4,6-7,9-10H2,1H3,(H,17,22). The highest BCUT2D eigenvalue weighted by Crippen LogP contribution is 2.29. The Balaban J connectivity index is 1.58. The van der Waals surface area contributed by atoms with E-state index in [0.717, 1.165) is 12.8 Å². The monoisotopic (exact) mass is 308 g/mol. The number of carbonyl (C=O) groups is 2. The normalized spacial score (nSPS) is 20.7. The van der Waals surface area contributed by atoms with Gasteiger partial charge in [0.1, 0.15) is 5.69 Å². The number of rotatable bonds is 4. The first kappa shape index (κ1) is 15.0. The topological polar surface area (TPSA) is 67.2 Å². The van der Waals surface area contributed by atoms with Crippen molar-refractivity contribution in [3.8, 4) is 0 Å². The SMILES string of the molecule is CCn1ccc(C(=O)N2CCC(F)(C(=O)NC3CC3)CC2)n1. The van der Waals surface area contributed by atoms with Crippen molar-refractivity contribution in [2.75, 3.05) is 13.1 Å². The maximum atomic E-state index is 14.7. The molecular formula is C15H21FN4O2. The van der Waals surface area contributed by atoms with Crippen molar-refractivity contribution in [1.82, 2.24) is 20.0 Å². The lowest BCUT2D eigenvalue weighted by Crippen LogP contribution is -2.52. The maximum absolute atomic E-state index is 14.7. The van der Waals surface area contributed by atoms with Crippen LogP contribution in [0.5, 0.6) is 0 Å². The van der Waals surface area contributed by atoms with E-state index in [1.54, 1.807) is 21.8 Å². The second-order valence-electron chi connectivity index (χ2n) is 6.06. The number of alkyl halides is 1. The summed E-state index contributed by atoms with van der Waals surface area (Å²) in [5, 5.41) is 6.89. The summed E-state index contributed by atoms with van der Waals surface area (Å²) in [5.41, 5.74) is -1.47. The number of aromatic nitrogens is 2. The summed E-state index contributed by atoms with van der Waals surface area (Å²) in [6, 6.07) is 1.82. The third-order valence-corrected chi connectivity index (χ3v) is 4.35. The third-order valence-electron chi connectivity index (χ3n) is 4.35. The summed E-state index contributed by atoms with van der Waals surface area (Å²) in [6.07, 6.45) is 3.72. The summed E-state index contributed by atoms with van der Waals surface area (Å²) < 4.78 is 16.4. The van der Waals surface area contributed by atoms with Gasteiger partial charge in [0, 0.05) is 44.7 Å². The van der Waals surface area contributed by atoms with Gasteiger partial charge in [-0.1, -0.05) is 0 Å². The Kier molecular flexibility index (Phi) is 3.88. The first-order valence-electron chi connectivity index (χ1n) is 7.84. The van der Waals surface area contributed by atoms with E-state index in [2.05, 4.69) is 10.4 Å². The molecule has 1 N–H and O–H groups in total. The molecule has 2 fully saturated rings. The molecule has 0 atom stereocenters. The number of hydrogen-bond donors (Lipinski definition) is 1. The Morgan fingerprint density at radius 2 is 2.09 bits per heavy atom. The van der Waals surface area contributed by atoms with Crippen LogP contribution in [0.1, 0.15) is 43.1 Å². The van der Waals surface area contributed by atoms with Gasteiger partial charge in [0.05, 0.1) is 0 Å². The van der Waals surface area contributed by atoms with Gasteiger partial charge in [0.25, 0.3) is 11.8 Å². The molecular weight excluding hydrogens is 287 g/mol. The van der Waals surface area contributed by atoms with Gasteiger partial charge < -0.3 is 10.2 Å². The van der Waals surface area contributed by atoms with Gasteiger partial charge in [-0.25, -0.2) is 4.39 Å². The largest absolute Gasteiger partial charge is 0.351 e. The number of likely N-dealkylation sites (tertiary alicyclic amines) is 1. The molecule has 1 saturated heterocycles. The van der Waals surface area contributed by atoms with Crippen LogP contribution in [0.25, 0.3) is 0 Å². The summed E-state index contributed by atoms with van der Waals surface area (Å²) in [7, 11) is 0. The van der Waals surface area contributed by atoms with Crippen LogP contribution in [0.15, 0.2) is 12.3 Å². The number of aryl methyl sites for hydroxylation is 1. The number of amides is 2. The van der Waals surface area contributed by atoms with Crippen LogP contribution in [0, 0.1) is 0 Å². The molecule has 7 heteroatoms. The van der Waals surface area contributed by atoms with Crippen LogP contribution >= 0.6 is 0 Å². The molecule has 2 amide bonds. The van der Waals surface area contributed by atoms with Gasteiger partial charge in [0.2, 0.25) is 0 Å². The molecule has 0 unspecified atom stereocenters. The van der Waals surface area contributed by atoms with E-state index in [4.69, 9.17) is 0 Å². The van der Waals surface area contributed by atoms with E-state index in [1.807, 2.05) is 6.92 Å². The van der Waals surface area contributed by atoms with Gasteiger partial charge in [-0.2, -0.15) is 5.10 Å². The summed E-state index contributed by atoms with van der Waals surface area (Å²) >= 11 is 0. The molecule has 1 aromatic rings. The Labute approximate surface area is 128 Å². The lowest BCUT2D eigenvalue weighted by molar-refractivity contribution is -0.135. The second-order valence-corrected chi connectivity index (χ2v) is 6.06. The van der Waals surface area contributed by atoms with Gasteiger partial charge in [-0.15, -0.1) is 0 Å². The zero-order valence-corrected chi connectivity index (χ0v) is 12.7. The van der Waals surface area contributed by atoms with Crippen molar-refractivity contribution in [3.63, 3.8) is 0 Å². The van der Waals surface area contributed by atoms with E-state index >= 15 is 0 Å². The average Bonchev–Trinajstić information content (AvgIpc) is 3.20. The maximum Gasteiger partial charge on any atom is 0.274 e. The molecule has 2 aliphatic rings. The van der Waals surface area contributed by atoms with E-state index in [1.165, 1.54) is 0 Å². The minimum atomic E-state index is -1.85. The van der Waals surface area contributed by atoms with Crippen molar-refractivity contribution in [2.24, 2.45) is 0 Å². The summed E-state index contributed by atoms with van der Waals surface area (Å²) in [6.45, 7) is 3.12. The molecule has 120 valence electrons. The van der Waals surface area contributed by atoms with E-state index in [9.17, 15) is 14.0 Å². The fourth-order valence-electron chi connectivity index (χ4n) is 2.65. The molecule has 2 heterocycles. The van der Waals surface area contributed by atoms with Gasteiger partial charge >= 0.3 is 0 Å².